The van der Waals surface area contributed by atoms with Gasteiger partial charge in [-0.05, 0) is 61.8 Å². The number of aliphatic hydroxyl groups is 1. The molecule has 214 valence electrons. The molecule has 0 aliphatic carbocycles. The van der Waals surface area contributed by atoms with Crippen molar-refractivity contribution in [3.8, 4) is 0 Å². The molecule has 0 aromatic heterocycles. The maximum absolute atomic E-state index is 13.7. The molecule has 1 fully saturated rings. The summed E-state index contributed by atoms with van der Waals surface area (Å²) in [7, 11) is 0. The molecule has 0 bridgehead atoms. The first-order valence-corrected chi connectivity index (χ1v) is 14.2. The van der Waals surface area contributed by atoms with E-state index in [1.165, 1.54) is 12.1 Å². The van der Waals surface area contributed by atoms with Crippen LogP contribution < -0.4 is 0 Å². The van der Waals surface area contributed by atoms with E-state index in [2.05, 4.69) is 0 Å². The smallest absolute Gasteiger partial charge is 0.309 e. The molecule has 0 radical (unpaired) electrons. The van der Waals surface area contributed by atoms with Crippen LogP contribution >= 0.6 is 0 Å². The molecule has 2 aromatic rings. The average Bonchev–Trinajstić information content (AvgIpc) is 3.43. The van der Waals surface area contributed by atoms with Crippen molar-refractivity contribution in [3.05, 3.63) is 83.7 Å². The van der Waals surface area contributed by atoms with Crippen molar-refractivity contribution in [1.29, 1.82) is 0 Å². The molecular formula is C32H39FN2O5. The van der Waals surface area contributed by atoms with Crippen LogP contribution in [-0.2, 0) is 32.1 Å². The van der Waals surface area contributed by atoms with Crippen LogP contribution in [0.25, 0.3) is 0 Å². The molecule has 2 aliphatic rings. The molecule has 8 heteroatoms. The molecule has 4 rings (SSSR count). The van der Waals surface area contributed by atoms with E-state index in [0.717, 1.165) is 24.0 Å². The van der Waals surface area contributed by atoms with Crippen LogP contribution in [0.1, 0.15) is 49.7 Å². The molecule has 2 heterocycles. The van der Waals surface area contributed by atoms with E-state index in [-0.39, 0.29) is 61.7 Å². The summed E-state index contributed by atoms with van der Waals surface area (Å²) in [5.74, 6) is -1.79. The Balaban J connectivity index is 1.47. The van der Waals surface area contributed by atoms with Crippen LogP contribution in [0.4, 0.5) is 4.39 Å². The van der Waals surface area contributed by atoms with Gasteiger partial charge in [-0.2, -0.15) is 0 Å². The van der Waals surface area contributed by atoms with Gasteiger partial charge in [0.25, 0.3) is 0 Å². The van der Waals surface area contributed by atoms with E-state index in [9.17, 15) is 23.9 Å². The number of fused-ring (bicyclic) bond motifs is 1. The zero-order valence-electron chi connectivity index (χ0n) is 22.9. The van der Waals surface area contributed by atoms with Crippen molar-refractivity contribution in [2.24, 2.45) is 11.8 Å². The highest BCUT2D eigenvalue weighted by atomic mass is 19.1. The highest BCUT2D eigenvalue weighted by molar-refractivity contribution is 5.86. The molecule has 7 nitrogen and oxygen atoms in total. The minimum Gasteiger partial charge on any atom is -0.463 e. The average molecular weight is 551 g/mol. The van der Waals surface area contributed by atoms with Gasteiger partial charge in [-0.15, -0.1) is 0 Å². The van der Waals surface area contributed by atoms with Crippen molar-refractivity contribution >= 4 is 17.8 Å². The molecule has 0 saturated carbocycles. The van der Waals surface area contributed by atoms with E-state index in [1.807, 2.05) is 42.5 Å². The summed E-state index contributed by atoms with van der Waals surface area (Å²) < 4.78 is 19.1. The summed E-state index contributed by atoms with van der Waals surface area (Å²) in [6.45, 7) is 1.11. The molecule has 1 N–H and O–H groups in total. The van der Waals surface area contributed by atoms with Crippen molar-refractivity contribution in [3.63, 3.8) is 0 Å². The number of ether oxygens (including phenoxy) is 1. The number of aliphatic hydroxyl groups excluding tert-OH is 1. The minimum atomic E-state index is -0.534. The third-order valence-electron chi connectivity index (χ3n) is 7.79. The number of benzene rings is 2. The number of halogens is 1. The number of cyclic esters (lactones) is 1. The Bertz CT molecular complexity index is 1150. The van der Waals surface area contributed by atoms with Crippen molar-refractivity contribution in [2.45, 2.75) is 57.5 Å². The van der Waals surface area contributed by atoms with Gasteiger partial charge in [0, 0.05) is 26.1 Å². The normalized spacial score (nSPS) is 22.9. The molecule has 1 saturated heterocycles. The molecule has 2 aromatic carbocycles. The Morgan fingerprint density at radius 3 is 2.52 bits per heavy atom. The van der Waals surface area contributed by atoms with Gasteiger partial charge in [-0.1, -0.05) is 54.6 Å². The molecular weight excluding hydrogens is 511 g/mol. The van der Waals surface area contributed by atoms with Gasteiger partial charge in [-0.3, -0.25) is 14.4 Å². The zero-order valence-corrected chi connectivity index (χ0v) is 22.9. The Morgan fingerprint density at radius 2 is 1.77 bits per heavy atom. The van der Waals surface area contributed by atoms with Gasteiger partial charge < -0.3 is 19.6 Å². The molecule has 3 atom stereocenters. The molecule has 0 spiro atoms. The highest BCUT2D eigenvalue weighted by Crippen LogP contribution is 2.26. The number of carbonyl (C=O) groups excluding carboxylic acids is 3. The third kappa shape index (κ3) is 8.24. The Hall–Kier alpha value is -3.52. The van der Waals surface area contributed by atoms with Crippen molar-refractivity contribution < 1.29 is 28.6 Å². The van der Waals surface area contributed by atoms with Gasteiger partial charge in [0.05, 0.1) is 24.5 Å². The second-order valence-electron chi connectivity index (χ2n) is 10.7. The lowest BCUT2D eigenvalue weighted by Gasteiger charge is -2.30. The Morgan fingerprint density at radius 1 is 1.00 bits per heavy atom. The first kappa shape index (κ1) is 29.5. The number of esters is 1. The van der Waals surface area contributed by atoms with Gasteiger partial charge >= 0.3 is 5.97 Å². The Kier molecular flexibility index (Phi) is 10.9. The number of hydrogen-bond acceptors (Lipinski definition) is 5. The number of hydrogen-bond donors (Lipinski definition) is 1. The summed E-state index contributed by atoms with van der Waals surface area (Å²) in [5, 5.41) is 9.59. The second-order valence-corrected chi connectivity index (χ2v) is 10.7. The van der Waals surface area contributed by atoms with Crippen LogP contribution in [0.3, 0.4) is 0 Å². The monoisotopic (exact) mass is 550 g/mol. The fourth-order valence-electron chi connectivity index (χ4n) is 5.54. The van der Waals surface area contributed by atoms with Gasteiger partial charge in [0.1, 0.15) is 12.4 Å². The first-order valence-electron chi connectivity index (χ1n) is 14.2. The maximum Gasteiger partial charge on any atom is 0.309 e. The van der Waals surface area contributed by atoms with E-state index < -0.39 is 5.92 Å². The van der Waals surface area contributed by atoms with Crippen LogP contribution in [0.15, 0.2) is 66.7 Å². The number of carbonyl (C=O) groups is 3. The van der Waals surface area contributed by atoms with Crippen LogP contribution in [0.2, 0.25) is 0 Å². The van der Waals surface area contributed by atoms with Gasteiger partial charge in [0.2, 0.25) is 11.8 Å². The van der Waals surface area contributed by atoms with E-state index in [1.54, 1.807) is 21.9 Å². The van der Waals surface area contributed by atoms with E-state index in [0.29, 0.717) is 38.8 Å². The van der Waals surface area contributed by atoms with Gasteiger partial charge in [0.15, 0.2) is 0 Å². The fraction of sp³-hybridized carbons (Fsp3) is 0.469. The number of amides is 2. The topological polar surface area (TPSA) is 87.2 Å². The first-order chi connectivity index (χ1) is 19.4. The predicted octanol–water partition coefficient (Wildman–Crippen LogP) is 4.29. The molecule has 40 heavy (non-hydrogen) atoms. The number of rotatable bonds is 8. The van der Waals surface area contributed by atoms with Crippen LogP contribution in [0.5, 0.6) is 0 Å². The zero-order chi connectivity index (χ0) is 28.3. The summed E-state index contributed by atoms with van der Waals surface area (Å²) in [4.78, 5) is 43.5. The standard InChI is InChI=1S/C32H39FN2O5/c33-28-15-13-24(14-16-28)20-27-11-6-2-5-10-26(31(38)35-17-7-12-29(35)23-40-32(27)39)21-30(37)34(18-19-36)22-25-8-3-1-4-9-25/h1-5,8-9,13-16,26-27,29,36H,6-7,10-12,17-23H2/b5-2-/t26-,27+,29-/m0/s1. The predicted molar refractivity (Wildman–Crippen MR) is 149 cm³/mol. The maximum atomic E-state index is 13.7. The largest absolute Gasteiger partial charge is 0.463 e. The Labute approximate surface area is 235 Å². The fourth-order valence-corrected chi connectivity index (χ4v) is 5.54. The van der Waals surface area contributed by atoms with E-state index >= 15 is 0 Å². The van der Waals surface area contributed by atoms with Crippen molar-refractivity contribution in [2.75, 3.05) is 26.3 Å². The van der Waals surface area contributed by atoms with Gasteiger partial charge in [-0.25, -0.2) is 4.39 Å². The molecule has 2 aliphatic heterocycles. The molecule has 0 unspecified atom stereocenters. The summed E-state index contributed by atoms with van der Waals surface area (Å²) in [6.07, 6.45) is 7.57. The summed E-state index contributed by atoms with van der Waals surface area (Å²) in [5.41, 5.74) is 1.83. The second kappa shape index (κ2) is 14.7. The quantitative estimate of drug-likeness (QED) is 0.392. The lowest BCUT2D eigenvalue weighted by molar-refractivity contribution is -0.152. The van der Waals surface area contributed by atoms with Crippen LogP contribution in [0, 0.1) is 17.7 Å². The lowest BCUT2D eigenvalue weighted by Crippen LogP contribution is -2.44. The summed E-state index contributed by atoms with van der Waals surface area (Å²) >= 11 is 0. The number of allylic oxidation sites excluding steroid dienone is 2. The number of nitrogens with zero attached hydrogens (tertiary/aromatic N) is 2. The van der Waals surface area contributed by atoms with E-state index in [4.69, 9.17) is 4.74 Å². The molecule has 2 amide bonds. The third-order valence-corrected chi connectivity index (χ3v) is 7.79. The SMILES string of the molecule is O=C1OC[C@@H]2CCCN2C(=O)[C@H](CC(=O)N(CCO)Cc2ccccc2)C/C=C\CC[C@@H]1Cc1ccc(F)cc1. The lowest BCUT2D eigenvalue weighted by atomic mass is 9.94. The minimum absolute atomic E-state index is 0.0478. The van der Waals surface area contributed by atoms with Crippen molar-refractivity contribution in [1.82, 2.24) is 9.80 Å². The van der Waals surface area contributed by atoms with Crippen LogP contribution in [-0.4, -0.2) is 65.0 Å². The summed E-state index contributed by atoms with van der Waals surface area (Å²) in [6, 6.07) is 15.5. The highest BCUT2D eigenvalue weighted by Gasteiger charge is 2.35.